The molecule has 1 unspecified atom stereocenters. The molecule has 2 N–H and O–H groups in total. The van der Waals surface area contributed by atoms with Gasteiger partial charge in [-0.1, -0.05) is 5.16 Å². The smallest absolute Gasteiger partial charge is 0.268 e. The van der Waals surface area contributed by atoms with Crippen molar-refractivity contribution in [2.24, 2.45) is 5.73 Å². The fourth-order valence-corrected chi connectivity index (χ4v) is 2.94. The SMILES string of the molecule is COc1csc(-c2nc(C(N)CN3CCOCC3)no2)c1. The van der Waals surface area contributed by atoms with E-state index in [1.807, 2.05) is 11.4 Å². The Morgan fingerprint density at radius 1 is 1.48 bits per heavy atom. The maximum absolute atomic E-state index is 6.16. The van der Waals surface area contributed by atoms with E-state index < -0.39 is 0 Å². The molecule has 114 valence electrons. The highest BCUT2D eigenvalue weighted by Crippen LogP contribution is 2.30. The monoisotopic (exact) mass is 310 g/mol. The first-order valence-corrected chi connectivity index (χ1v) is 7.66. The molecule has 1 fully saturated rings. The molecule has 21 heavy (non-hydrogen) atoms. The van der Waals surface area contributed by atoms with Gasteiger partial charge in [-0.05, 0) is 0 Å². The molecule has 3 heterocycles. The van der Waals surface area contributed by atoms with Gasteiger partial charge in [-0.15, -0.1) is 11.3 Å². The Labute approximate surface area is 126 Å². The standard InChI is InChI=1S/C13H18N4O3S/c1-18-9-6-11(21-8-9)13-15-12(16-20-13)10(14)7-17-2-4-19-5-3-17/h6,8,10H,2-5,7,14H2,1H3. The summed E-state index contributed by atoms with van der Waals surface area (Å²) in [7, 11) is 1.63. The molecule has 1 aliphatic heterocycles. The normalized spacial score (nSPS) is 17.8. The molecular formula is C13H18N4O3S. The van der Waals surface area contributed by atoms with Gasteiger partial charge in [0.05, 0.1) is 31.2 Å². The lowest BCUT2D eigenvalue weighted by Gasteiger charge is -2.27. The second-order valence-corrected chi connectivity index (χ2v) is 5.74. The zero-order valence-corrected chi connectivity index (χ0v) is 12.6. The molecule has 0 amide bonds. The molecule has 1 saturated heterocycles. The van der Waals surface area contributed by atoms with Crippen LogP contribution < -0.4 is 10.5 Å². The molecule has 0 radical (unpaired) electrons. The Balaban J connectivity index is 1.65. The topological polar surface area (TPSA) is 86.6 Å². The summed E-state index contributed by atoms with van der Waals surface area (Å²) in [6, 6.07) is 1.61. The first kappa shape index (κ1) is 14.5. The molecule has 7 nitrogen and oxygen atoms in total. The molecular weight excluding hydrogens is 292 g/mol. The van der Waals surface area contributed by atoms with Crippen molar-refractivity contribution < 1.29 is 14.0 Å². The Bertz CT molecular complexity index is 579. The molecule has 0 saturated carbocycles. The second kappa shape index (κ2) is 6.52. The predicted molar refractivity (Wildman–Crippen MR) is 78.4 cm³/mol. The maximum atomic E-state index is 6.16. The molecule has 3 rings (SSSR count). The molecule has 0 aromatic carbocycles. The summed E-state index contributed by atoms with van der Waals surface area (Å²) in [5.74, 6) is 1.80. The molecule has 1 aliphatic rings. The van der Waals surface area contributed by atoms with E-state index in [2.05, 4.69) is 15.0 Å². The van der Waals surface area contributed by atoms with Crippen molar-refractivity contribution in [2.75, 3.05) is 40.0 Å². The lowest BCUT2D eigenvalue weighted by molar-refractivity contribution is 0.0348. The van der Waals surface area contributed by atoms with Gasteiger partial charge in [0.2, 0.25) is 0 Å². The number of ether oxygens (including phenoxy) is 2. The average molecular weight is 310 g/mol. The largest absolute Gasteiger partial charge is 0.496 e. The van der Waals surface area contributed by atoms with Crippen LogP contribution in [0.2, 0.25) is 0 Å². The number of morpholine rings is 1. The zero-order chi connectivity index (χ0) is 14.7. The third-order valence-electron chi connectivity index (χ3n) is 3.35. The van der Waals surface area contributed by atoms with Crippen LogP contribution in [-0.4, -0.2) is 55.0 Å². The highest BCUT2D eigenvalue weighted by Gasteiger charge is 2.20. The van der Waals surface area contributed by atoms with Crippen LogP contribution in [0, 0.1) is 0 Å². The van der Waals surface area contributed by atoms with Gasteiger partial charge in [-0.3, -0.25) is 4.90 Å². The van der Waals surface area contributed by atoms with Crippen LogP contribution in [0.1, 0.15) is 11.9 Å². The summed E-state index contributed by atoms with van der Waals surface area (Å²) in [5.41, 5.74) is 6.16. The fraction of sp³-hybridized carbons (Fsp3) is 0.538. The first-order chi connectivity index (χ1) is 10.3. The van der Waals surface area contributed by atoms with Gasteiger partial charge in [0.25, 0.3) is 5.89 Å². The van der Waals surface area contributed by atoms with Crippen LogP contribution in [0.25, 0.3) is 10.8 Å². The summed E-state index contributed by atoms with van der Waals surface area (Å²) in [4.78, 5) is 7.51. The number of methoxy groups -OCH3 is 1. The first-order valence-electron chi connectivity index (χ1n) is 6.78. The van der Waals surface area contributed by atoms with Crippen LogP contribution in [0.4, 0.5) is 0 Å². The number of hydrogen-bond acceptors (Lipinski definition) is 8. The Morgan fingerprint density at radius 2 is 2.29 bits per heavy atom. The minimum absolute atomic E-state index is 0.262. The second-order valence-electron chi connectivity index (χ2n) is 4.83. The molecule has 1 atom stereocenters. The Hall–Kier alpha value is -1.48. The number of aromatic nitrogens is 2. The van der Waals surface area contributed by atoms with E-state index in [0.29, 0.717) is 18.3 Å². The van der Waals surface area contributed by atoms with Gasteiger partial charge in [0, 0.05) is 31.1 Å². The van der Waals surface area contributed by atoms with Gasteiger partial charge in [-0.25, -0.2) is 0 Å². The van der Waals surface area contributed by atoms with E-state index in [1.54, 1.807) is 7.11 Å². The third kappa shape index (κ3) is 3.41. The highest BCUT2D eigenvalue weighted by atomic mass is 32.1. The van der Waals surface area contributed by atoms with Gasteiger partial charge < -0.3 is 19.7 Å². The molecule has 0 aliphatic carbocycles. The number of hydrogen-bond donors (Lipinski definition) is 1. The summed E-state index contributed by atoms with van der Waals surface area (Å²) < 4.78 is 15.8. The lowest BCUT2D eigenvalue weighted by Crippen LogP contribution is -2.40. The number of thiophene rings is 1. The van der Waals surface area contributed by atoms with Gasteiger partial charge in [0.1, 0.15) is 5.75 Å². The van der Waals surface area contributed by atoms with E-state index in [9.17, 15) is 0 Å². The predicted octanol–water partition coefficient (Wildman–Crippen LogP) is 1.14. The van der Waals surface area contributed by atoms with Crippen molar-refractivity contribution in [2.45, 2.75) is 6.04 Å². The van der Waals surface area contributed by atoms with E-state index in [4.69, 9.17) is 19.7 Å². The molecule has 2 aromatic heterocycles. The van der Waals surface area contributed by atoms with Crippen molar-refractivity contribution in [3.8, 4) is 16.5 Å². The van der Waals surface area contributed by atoms with Crippen LogP contribution in [-0.2, 0) is 4.74 Å². The fourth-order valence-electron chi connectivity index (χ4n) is 2.17. The van der Waals surface area contributed by atoms with Crippen molar-refractivity contribution >= 4 is 11.3 Å². The number of nitrogens with two attached hydrogens (primary N) is 1. The minimum atomic E-state index is -0.262. The van der Waals surface area contributed by atoms with Crippen molar-refractivity contribution in [1.29, 1.82) is 0 Å². The van der Waals surface area contributed by atoms with E-state index in [-0.39, 0.29) is 6.04 Å². The maximum Gasteiger partial charge on any atom is 0.268 e. The van der Waals surface area contributed by atoms with Crippen LogP contribution >= 0.6 is 11.3 Å². The summed E-state index contributed by atoms with van der Waals surface area (Å²) in [5, 5.41) is 5.89. The minimum Gasteiger partial charge on any atom is -0.496 e. The molecule has 2 aromatic rings. The highest BCUT2D eigenvalue weighted by molar-refractivity contribution is 7.13. The third-order valence-corrected chi connectivity index (χ3v) is 4.25. The van der Waals surface area contributed by atoms with Crippen LogP contribution in [0.15, 0.2) is 16.0 Å². The number of nitrogens with zero attached hydrogens (tertiary/aromatic N) is 3. The van der Waals surface area contributed by atoms with E-state index >= 15 is 0 Å². The summed E-state index contributed by atoms with van der Waals surface area (Å²) >= 11 is 1.50. The zero-order valence-electron chi connectivity index (χ0n) is 11.8. The van der Waals surface area contributed by atoms with Gasteiger partial charge >= 0.3 is 0 Å². The van der Waals surface area contributed by atoms with E-state index in [0.717, 1.165) is 36.9 Å². The van der Waals surface area contributed by atoms with Crippen LogP contribution in [0.5, 0.6) is 5.75 Å². The van der Waals surface area contributed by atoms with Crippen molar-refractivity contribution in [3.63, 3.8) is 0 Å². The quantitative estimate of drug-likeness (QED) is 0.886. The van der Waals surface area contributed by atoms with Gasteiger partial charge in [0.15, 0.2) is 5.82 Å². The molecule has 0 spiro atoms. The molecule has 0 bridgehead atoms. The average Bonchev–Trinajstić information content (AvgIpc) is 3.17. The lowest BCUT2D eigenvalue weighted by atomic mass is 10.2. The van der Waals surface area contributed by atoms with Crippen LogP contribution in [0.3, 0.4) is 0 Å². The van der Waals surface area contributed by atoms with Gasteiger partial charge in [-0.2, -0.15) is 4.98 Å². The molecule has 8 heteroatoms. The summed E-state index contributed by atoms with van der Waals surface area (Å²) in [6.07, 6.45) is 0. The Kier molecular flexibility index (Phi) is 4.49. The van der Waals surface area contributed by atoms with E-state index in [1.165, 1.54) is 11.3 Å². The summed E-state index contributed by atoms with van der Waals surface area (Å²) in [6.45, 7) is 3.98. The Morgan fingerprint density at radius 3 is 3.00 bits per heavy atom. The van der Waals surface area contributed by atoms with Crippen molar-refractivity contribution in [1.82, 2.24) is 15.0 Å². The van der Waals surface area contributed by atoms with Crippen molar-refractivity contribution in [3.05, 3.63) is 17.3 Å². The number of rotatable bonds is 5.